The van der Waals surface area contributed by atoms with E-state index in [0.717, 1.165) is 68.4 Å². The minimum Gasteiger partial charge on any atom is -0.493 e. The van der Waals surface area contributed by atoms with Crippen LogP contribution in [-0.2, 0) is 11.3 Å². The first-order valence-corrected chi connectivity index (χ1v) is 15.1. The summed E-state index contributed by atoms with van der Waals surface area (Å²) in [7, 11) is 0. The van der Waals surface area contributed by atoms with Crippen LogP contribution in [-0.4, -0.2) is 34.8 Å². The lowest BCUT2D eigenvalue weighted by molar-refractivity contribution is 0.0523. The number of halogens is 1. The topological polar surface area (TPSA) is 85.4 Å². The summed E-state index contributed by atoms with van der Waals surface area (Å²) in [5.41, 5.74) is 5.29. The third kappa shape index (κ3) is 8.15. The Bertz CT molecular complexity index is 1380. The summed E-state index contributed by atoms with van der Waals surface area (Å²) in [6.45, 7) is 9.34. The minimum atomic E-state index is -0.546. The zero-order chi connectivity index (χ0) is 27.1. The maximum Gasteiger partial charge on any atom is 0.407 e. The number of alkyl carbamates (subject to hydrolysis) is 1. The summed E-state index contributed by atoms with van der Waals surface area (Å²) in [6, 6.07) is 12.2. The lowest BCUT2D eigenvalue weighted by Gasteiger charge is -2.20. The molecule has 10 heteroatoms. The number of nitrogens with zero attached hydrogens (tertiary/aromatic N) is 2. The van der Waals surface area contributed by atoms with Crippen LogP contribution in [0.25, 0.3) is 20.7 Å². The molecule has 0 unspecified atom stereocenters. The number of nitrogens with one attached hydrogen (secondary N) is 2. The first kappa shape index (κ1) is 28.3. The standard InChI is InChI=1S/C28H33BrN4O3S2/c1-18-25(37-17-32-18)19-8-9-20(16-31-27(34)36-28(2,3)4)23(14-19)35-13-7-5-6-12-30-26-33-22-11-10-21(29)15-24(22)38-26/h8-11,14-15,17H,5-7,12-13,16H2,1-4H3,(H,30,33)(H,31,34). The van der Waals surface area contributed by atoms with Gasteiger partial charge in [-0.3, -0.25) is 0 Å². The number of anilines is 1. The molecule has 1 amide bonds. The van der Waals surface area contributed by atoms with Gasteiger partial charge in [-0.15, -0.1) is 11.3 Å². The van der Waals surface area contributed by atoms with Gasteiger partial charge in [0, 0.05) is 23.1 Å². The summed E-state index contributed by atoms with van der Waals surface area (Å²) in [5.74, 6) is 0.769. The smallest absolute Gasteiger partial charge is 0.407 e. The molecular weight excluding hydrogens is 584 g/mol. The lowest BCUT2D eigenvalue weighted by atomic mass is 10.1. The average molecular weight is 618 g/mol. The molecule has 0 saturated heterocycles. The van der Waals surface area contributed by atoms with Crippen molar-refractivity contribution in [3.63, 3.8) is 0 Å². The number of hydrogen-bond acceptors (Lipinski definition) is 8. The van der Waals surface area contributed by atoms with Crippen molar-refractivity contribution in [3.05, 3.63) is 57.6 Å². The highest BCUT2D eigenvalue weighted by Gasteiger charge is 2.17. The number of aryl methyl sites for hydroxylation is 1. The van der Waals surface area contributed by atoms with Gasteiger partial charge in [0.1, 0.15) is 11.4 Å². The van der Waals surface area contributed by atoms with Crippen LogP contribution in [0.2, 0.25) is 0 Å². The van der Waals surface area contributed by atoms with Crippen molar-refractivity contribution in [2.45, 2.75) is 59.1 Å². The van der Waals surface area contributed by atoms with Crippen molar-refractivity contribution in [1.82, 2.24) is 15.3 Å². The number of carbonyl (C=O) groups is 1. The predicted molar refractivity (Wildman–Crippen MR) is 161 cm³/mol. The summed E-state index contributed by atoms with van der Waals surface area (Å²) >= 11 is 6.79. The van der Waals surface area contributed by atoms with E-state index in [1.165, 1.54) is 4.70 Å². The van der Waals surface area contributed by atoms with Gasteiger partial charge in [-0.2, -0.15) is 0 Å². The number of benzene rings is 2. The van der Waals surface area contributed by atoms with Crippen LogP contribution in [0.5, 0.6) is 5.75 Å². The Morgan fingerprint density at radius 3 is 2.71 bits per heavy atom. The fourth-order valence-electron chi connectivity index (χ4n) is 3.79. The highest BCUT2D eigenvalue weighted by atomic mass is 79.9. The van der Waals surface area contributed by atoms with Gasteiger partial charge in [0.05, 0.1) is 32.9 Å². The van der Waals surface area contributed by atoms with E-state index < -0.39 is 11.7 Å². The molecule has 0 radical (unpaired) electrons. The molecule has 4 rings (SSSR count). The van der Waals surface area contributed by atoms with E-state index in [1.807, 2.05) is 63.5 Å². The number of amides is 1. The van der Waals surface area contributed by atoms with Gasteiger partial charge in [-0.1, -0.05) is 39.4 Å². The Hall–Kier alpha value is -2.69. The molecule has 4 aromatic rings. The summed E-state index contributed by atoms with van der Waals surface area (Å²) < 4.78 is 13.8. The zero-order valence-electron chi connectivity index (χ0n) is 22.1. The van der Waals surface area contributed by atoms with Crippen LogP contribution in [0, 0.1) is 6.92 Å². The number of ether oxygens (including phenoxy) is 2. The molecule has 202 valence electrons. The third-order valence-electron chi connectivity index (χ3n) is 5.60. The highest BCUT2D eigenvalue weighted by Crippen LogP contribution is 2.32. The molecule has 0 spiro atoms. The zero-order valence-corrected chi connectivity index (χ0v) is 25.3. The second kappa shape index (κ2) is 12.9. The first-order chi connectivity index (χ1) is 18.2. The van der Waals surface area contributed by atoms with E-state index in [9.17, 15) is 4.79 Å². The van der Waals surface area contributed by atoms with E-state index in [4.69, 9.17) is 9.47 Å². The number of aromatic nitrogens is 2. The maximum absolute atomic E-state index is 12.2. The second-order valence-corrected chi connectivity index (χ2v) is 12.7. The summed E-state index contributed by atoms with van der Waals surface area (Å²) in [5, 5.41) is 7.23. The summed E-state index contributed by atoms with van der Waals surface area (Å²) in [6.07, 6.45) is 2.54. The molecule has 0 aliphatic rings. The monoisotopic (exact) mass is 616 g/mol. The van der Waals surface area contributed by atoms with E-state index in [1.54, 1.807) is 22.7 Å². The van der Waals surface area contributed by atoms with E-state index in [2.05, 4.69) is 42.6 Å². The first-order valence-electron chi connectivity index (χ1n) is 12.6. The normalized spacial score (nSPS) is 11.5. The van der Waals surface area contributed by atoms with Crippen molar-refractivity contribution in [1.29, 1.82) is 0 Å². The molecule has 0 aliphatic heterocycles. The molecule has 38 heavy (non-hydrogen) atoms. The number of rotatable bonds is 11. The van der Waals surface area contributed by atoms with Gasteiger partial charge < -0.3 is 20.1 Å². The summed E-state index contributed by atoms with van der Waals surface area (Å²) in [4.78, 5) is 22.3. The highest BCUT2D eigenvalue weighted by molar-refractivity contribution is 9.10. The van der Waals surface area contributed by atoms with E-state index >= 15 is 0 Å². The maximum atomic E-state index is 12.2. The number of hydrogen-bond donors (Lipinski definition) is 2. The molecule has 2 aromatic heterocycles. The lowest BCUT2D eigenvalue weighted by Crippen LogP contribution is -2.32. The van der Waals surface area contributed by atoms with Crippen molar-refractivity contribution < 1.29 is 14.3 Å². The molecule has 7 nitrogen and oxygen atoms in total. The van der Waals surface area contributed by atoms with Gasteiger partial charge >= 0.3 is 6.09 Å². The quantitative estimate of drug-likeness (QED) is 0.165. The molecule has 2 heterocycles. The molecule has 2 aromatic carbocycles. The Kier molecular flexibility index (Phi) is 9.62. The number of unbranched alkanes of at least 4 members (excludes halogenated alkanes) is 2. The fourth-order valence-corrected chi connectivity index (χ4v) is 6.04. The van der Waals surface area contributed by atoms with Gasteiger partial charge in [-0.25, -0.2) is 14.8 Å². The predicted octanol–water partition coefficient (Wildman–Crippen LogP) is 8.18. The van der Waals surface area contributed by atoms with Crippen LogP contribution < -0.4 is 15.4 Å². The van der Waals surface area contributed by atoms with Crippen LogP contribution in [0.3, 0.4) is 0 Å². The Labute approximate surface area is 240 Å². The van der Waals surface area contributed by atoms with Crippen LogP contribution in [0.1, 0.15) is 51.3 Å². The van der Waals surface area contributed by atoms with Crippen LogP contribution >= 0.6 is 38.6 Å². The SMILES string of the molecule is Cc1ncsc1-c1ccc(CNC(=O)OC(C)(C)C)c(OCCCCCNc2nc3ccc(Br)cc3s2)c1. The largest absolute Gasteiger partial charge is 0.493 e. The van der Waals surface area contributed by atoms with Crippen LogP contribution in [0.15, 0.2) is 46.4 Å². The molecule has 2 N–H and O–H groups in total. The number of carbonyl (C=O) groups excluding carboxylic acids is 1. The average Bonchev–Trinajstić information content (AvgIpc) is 3.46. The molecular formula is C28H33BrN4O3S2. The van der Waals surface area contributed by atoms with E-state index in [-0.39, 0.29) is 0 Å². The molecule has 0 aliphatic carbocycles. The van der Waals surface area contributed by atoms with Gasteiger partial charge in [-0.05, 0) is 76.8 Å². The Morgan fingerprint density at radius 2 is 1.95 bits per heavy atom. The molecule has 0 saturated carbocycles. The van der Waals surface area contributed by atoms with Crippen molar-refractivity contribution >= 4 is 60.0 Å². The van der Waals surface area contributed by atoms with Gasteiger partial charge in [0.2, 0.25) is 0 Å². The van der Waals surface area contributed by atoms with Crippen molar-refractivity contribution in [2.75, 3.05) is 18.5 Å². The third-order valence-corrected chi connectivity index (χ3v) is 8.05. The Morgan fingerprint density at radius 1 is 1.11 bits per heavy atom. The van der Waals surface area contributed by atoms with E-state index in [0.29, 0.717) is 13.2 Å². The van der Waals surface area contributed by atoms with Crippen molar-refractivity contribution in [3.8, 4) is 16.2 Å². The fraction of sp³-hybridized carbons (Fsp3) is 0.393. The van der Waals surface area contributed by atoms with Gasteiger partial charge in [0.25, 0.3) is 0 Å². The number of fused-ring (bicyclic) bond motifs is 1. The second-order valence-electron chi connectivity index (χ2n) is 9.91. The molecule has 0 fully saturated rings. The molecule has 0 bridgehead atoms. The van der Waals surface area contributed by atoms with Gasteiger partial charge in [0.15, 0.2) is 5.13 Å². The minimum absolute atomic E-state index is 0.328. The van der Waals surface area contributed by atoms with Crippen molar-refractivity contribution in [2.24, 2.45) is 0 Å². The van der Waals surface area contributed by atoms with Crippen LogP contribution in [0.4, 0.5) is 9.93 Å². The molecule has 0 atom stereocenters. The Balaban J connectivity index is 1.28. The number of thiazole rings is 2.